The van der Waals surface area contributed by atoms with Crippen LogP contribution in [0.25, 0.3) is 0 Å². The van der Waals surface area contributed by atoms with Gasteiger partial charge < -0.3 is 10.0 Å². The number of aromatic hydroxyl groups is 1. The molecule has 2 heteroatoms. The molecule has 1 aromatic carbocycles. The third-order valence-corrected chi connectivity index (χ3v) is 7.42. The molecule has 0 unspecified atom stereocenters. The summed E-state index contributed by atoms with van der Waals surface area (Å²) in [6.07, 6.45) is 8.72. The van der Waals surface area contributed by atoms with Gasteiger partial charge in [0.05, 0.1) is 0 Å². The van der Waals surface area contributed by atoms with Crippen molar-refractivity contribution >= 4 is 0 Å². The molecule has 1 N–H and O–H groups in total. The minimum atomic E-state index is 0.305. The third-order valence-electron chi connectivity index (χ3n) is 7.42. The number of aryl methyl sites for hydroxylation is 1. The van der Waals surface area contributed by atoms with Gasteiger partial charge in [0, 0.05) is 11.5 Å². The summed E-state index contributed by atoms with van der Waals surface area (Å²) >= 11 is 0. The van der Waals surface area contributed by atoms with Gasteiger partial charge in [-0.3, -0.25) is 0 Å². The molecule has 1 aliphatic heterocycles. The lowest BCUT2D eigenvalue weighted by Crippen LogP contribution is -2.66. The molecule has 1 saturated heterocycles. The predicted molar refractivity (Wildman–Crippen MR) is 90.5 cm³/mol. The highest BCUT2D eigenvalue weighted by Gasteiger charge is 2.60. The Balaban J connectivity index is 1.95. The zero-order chi connectivity index (χ0) is 15.5. The predicted octanol–water partition coefficient (Wildman–Crippen LogP) is 4.03. The summed E-state index contributed by atoms with van der Waals surface area (Å²) in [5, 5.41) is 10.5. The molecule has 2 fully saturated rings. The van der Waals surface area contributed by atoms with Crippen LogP contribution in [0.2, 0.25) is 0 Å². The SMILES string of the molecule is CCc1cc2c(cc1O)[C@]13CCCC[C@]1(C)[C@H](C2)N(C)CC3. The molecule has 0 radical (unpaired) electrons. The van der Waals surface area contributed by atoms with E-state index in [1.165, 1.54) is 49.8 Å². The first-order valence-electron chi connectivity index (χ1n) is 9.07. The number of phenolic OH excluding ortho intramolecular Hbond substituents is 1. The molecule has 2 nitrogen and oxygen atoms in total. The number of hydrogen-bond acceptors (Lipinski definition) is 2. The molecule has 2 aliphatic carbocycles. The summed E-state index contributed by atoms with van der Waals surface area (Å²) in [5.74, 6) is 0.529. The highest BCUT2D eigenvalue weighted by molar-refractivity contribution is 5.50. The number of benzene rings is 1. The molecule has 0 aromatic heterocycles. The fourth-order valence-corrected chi connectivity index (χ4v) is 6.10. The highest BCUT2D eigenvalue weighted by Crippen LogP contribution is 2.63. The van der Waals surface area contributed by atoms with Crippen LogP contribution in [-0.4, -0.2) is 29.6 Å². The summed E-state index contributed by atoms with van der Waals surface area (Å²) in [6, 6.07) is 5.13. The van der Waals surface area contributed by atoms with Crippen molar-refractivity contribution < 1.29 is 5.11 Å². The van der Waals surface area contributed by atoms with Gasteiger partial charge in [-0.2, -0.15) is 0 Å². The fourth-order valence-electron chi connectivity index (χ4n) is 6.10. The van der Waals surface area contributed by atoms with Gasteiger partial charge in [0.15, 0.2) is 0 Å². The molecular formula is C20H29NO. The first kappa shape index (κ1) is 14.6. The lowest BCUT2D eigenvalue weighted by molar-refractivity contribution is -0.0736. The smallest absolute Gasteiger partial charge is 0.119 e. The number of nitrogens with zero attached hydrogens (tertiary/aromatic N) is 1. The standard InChI is InChI=1S/C20H29NO/c1-4-14-11-15-12-18-19(2)7-5-6-8-20(19,9-10-21(18)3)16(15)13-17(14)22/h11,13,18,22H,4-10,12H2,1-3H3/t18-,19+,20+/m0/s1. The normalized spacial score (nSPS) is 37.5. The maximum Gasteiger partial charge on any atom is 0.119 e. The Morgan fingerprint density at radius 3 is 2.77 bits per heavy atom. The summed E-state index contributed by atoms with van der Waals surface area (Å²) in [5.41, 5.74) is 4.82. The van der Waals surface area contributed by atoms with Crippen LogP contribution in [0.3, 0.4) is 0 Å². The number of phenols is 1. The highest BCUT2D eigenvalue weighted by atomic mass is 16.3. The van der Waals surface area contributed by atoms with Gasteiger partial charge in [0.2, 0.25) is 0 Å². The molecule has 1 aromatic rings. The van der Waals surface area contributed by atoms with E-state index in [2.05, 4.69) is 37.9 Å². The van der Waals surface area contributed by atoms with E-state index in [-0.39, 0.29) is 0 Å². The van der Waals surface area contributed by atoms with Crippen molar-refractivity contribution in [2.24, 2.45) is 5.41 Å². The van der Waals surface area contributed by atoms with Crippen LogP contribution in [0.15, 0.2) is 12.1 Å². The lowest BCUT2D eigenvalue weighted by Gasteiger charge is -2.65. The van der Waals surface area contributed by atoms with Gasteiger partial charge in [-0.15, -0.1) is 0 Å². The van der Waals surface area contributed by atoms with E-state index < -0.39 is 0 Å². The number of fused-ring (bicyclic) bond motifs is 1. The zero-order valence-corrected chi connectivity index (χ0v) is 14.3. The first-order valence-corrected chi connectivity index (χ1v) is 9.07. The third kappa shape index (κ3) is 1.65. The minimum absolute atomic E-state index is 0.305. The monoisotopic (exact) mass is 299 g/mol. The fraction of sp³-hybridized carbons (Fsp3) is 0.700. The van der Waals surface area contributed by atoms with Crippen molar-refractivity contribution in [3.05, 3.63) is 28.8 Å². The Morgan fingerprint density at radius 1 is 1.23 bits per heavy atom. The van der Waals surface area contributed by atoms with Gasteiger partial charge >= 0.3 is 0 Å². The van der Waals surface area contributed by atoms with Crippen molar-refractivity contribution in [1.82, 2.24) is 4.90 Å². The van der Waals surface area contributed by atoms with E-state index in [0.29, 0.717) is 22.6 Å². The minimum Gasteiger partial charge on any atom is -0.508 e. The van der Waals surface area contributed by atoms with Crippen molar-refractivity contribution in [3.8, 4) is 5.75 Å². The molecule has 1 heterocycles. The van der Waals surface area contributed by atoms with Crippen LogP contribution in [-0.2, 0) is 18.3 Å². The first-order chi connectivity index (χ1) is 10.5. The second-order valence-corrected chi connectivity index (χ2v) is 8.15. The molecule has 0 amide bonds. The van der Waals surface area contributed by atoms with Crippen LogP contribution in [0.4, 0.5) is 0 Å². The molecule has 22 heavy (non-hydrogen) atoms. The van der Waals surface area contributed by atoms with E-state index in [9.17, 15) is 5.11 Å². The van der Waals surface area contributed by atoms with Crippen molar-refractivity contribution in [3.63, 3.8) is 0 Å². The number of likely N-dealkylation sites (tertiary alicyclic amines) is 1. The lowest BCUT2D eigenvalue weighted by atomic mass is 9.44. The Kier molecular flexibility index (Phi) is 3.14. The van der Waals surface area contributed by atoms with Crippen LogP contribution in [0, 0.1) is 5.41 Å². The number of hydrogen-bond donors (Lipinski definition) is 1. The van der Waals surface area contributed by atoms with Crippen LogP contribution in [0.5, 0.6) is 5.75 Å². The average Bonchev–Trinajstić information content (AvgIpc) is 2.51. The molecule has 2 bridgehead atoms. The summed E-state index contributed by atoms with van der Waals surface area (Å²) < 4.78 is 0. The van der Waals surface area contributed by atoms with Crippen molar-refractivity contribution in [1.29, 1.82) is 0 Å². The molecule has 1 saturated carbocycles. The van der Waals surface area contributed by atoms with Crippen molar-refractivity contribution in [2.45, 2.75) is 70.3 Å². The van der Waals surface area contributed by atoms with E-state index in [4.69, 9.17) is 0 Å². The molecule has 3 aliphatic rings. The summed E-state index contributed by atoms with van der Waals surface area (Å²) in [7, 11) is 2.32. The second-order valence-electron chi connectivity index (χ2n) is 8.15. The Morgan fingerprint density at radius 2 is 2.00 bits per heavy atom. The second kappa shape index (κ2) is 4.74. The van der Waals surface area contributed by atoms with Gasteiger partial charge in [0.1, 0.15) is 5.75 Å². The van der Waals surface area contributed by atoms with Crippen LogP contribution in [0.1, 0.15) is 62.6 Å². The Bertz CT molecular complexity index is 610. The Hall–Kier alpha value is -1.02. The maximum atomic E-state index is 10.5. The molecule has 3 atom stereocenters. The summed E-state index contributed by atoms with van der Waals surface area (Å²) in [4.78, 5) is 2.62. The van der Waals surface area contributed by atoms with Crippen LogP contribution < -0.4 is 0 Å². The number of rotatable bonds is 1. The average molecular weight is 299 g/mol. The largest absolute Gasteiger partial charge is 0.508 e. The van der Waals surface area contributed by atoms with Gasteiger partial charge in [0.25, 0.3) is 0 Å². The van der Waals surface area contributed by atoms with Gasteiger partial charge in [-0.1, -0.05) is 32.8 Å². The van der Waals surface area contributed by atoms with Gasteiger partial charge in [-0.25, -0.2) is 0 Å². The number of likely N-dealkylation sites (N-methyl/N-ethyl adjacent to an activating group) is 1. The zero-order valence-electron chi connectivity index (χ0n) is 14.3. The molecular weight excluding hydrogens is 270 g/mol. The topological polar surface area (TPSA) is 23.5 Å². The molecule has 0 spiro atoms. The van der Waals surface area contributed by atoms with Gasteiger partial charge in [-0.05, 0) is 73.9 Å². The van der Waals surface area contributed by atoms with Crippen LogP contribution >= 0.6 is 0 Å². The summed E-state index contributed by atoms with van der Waals surface area (Å²) in [6.45, 7) is 5.89. The Labute approximate surface area is 134 Å². The molecule has 120 valence electrons. The van der Waals surface area contributed by atoms with E-state index in [0.717, 1.165) is 18.4 Å². The van der Waals surface area contributed by atoms with Crippen molar-refractivity contribution in [2.75, 3.05) is 13.6 Å². The van der Waals surface area contributed by atoms with E-state index >= 15 is 0 Å². The van der Waals surface area contributed by atoms with E-state index in [1.54, 1.807) is 0 Å². The number of piperidine rings is 1. The maximum absolute atomic E-state index is 10.5. The quantitative estimate of drug-likeness (QED) is 0.846. The van der Waals surface area contributed by atoms with E-state index in [1.807, 2.05) is 0 Å². The molecule has 4 rings (SSSR count).